The first-order valence-corrected chi connectivity index (χ1v) is 10.2. The van der Waals surface area contributed by atoms with Gasteiger partial charge in [-0.2, -0.15) is 0 Å². The van der Waals surface area contributed by atoms with Crippen LogP contribution in [-0.4, -0.2) is 25.1 Å². The molecule has 7 heteroatoms. The van der Waals surface area contributed by atoms with Crippen molar-refractivity contribution in [3.8, 4) is 16.2 Å². The Bertz CT molecular complexity index is 972. The summed E-state index contributed by atoms with van der Waals surface area (Å²) in [5, 5.41) is 3.21. The Labute approximate surface area is 175 Å². The number of amides is 1. The van der Waals surface area contributed by atoms with E-state index >= 15 is 0 Å². The van der Waals surface area contributed by atoms with Crippen molar-refractivity contribution in [1.82, 2.24) is 0 Å². The van der Waals surface area contributed by atoms with Gasteiger partial charge in [-0.05, 0) is 46.6 Å². The second-order valence-corrected chi connectivity index (χ2v) is 7.61. The highest BCUT2D eigenvalue weighted by molar-refractivity contribution is 9.10. The zero-order valence-electron chi connectivity index (χ0n) is 15.1. The van der Waals surface area contributed by atoms with Crippen LogP contribution < -0.4 is 10.1 Å². The molecule has 28 heavy (non-hydrogen) atoms. The van der Waals surface area contributed by atoms with Gasteiger partial charge in [0.05, 0.1) is 16.6 Å². The van der Waals surface area contributed by atoms with Crippen LogP contribution in [0.4, 0.5) is 5.00 Å². The zero-order chi connectivity index (χ0) is 19.9. The molecule has 5 nitrogen and oxygen atoms in total. The number of para-hydroxylation sites is 1. The van der Waals surface area contributed by atoms with Gasteiger partial charge in [0, 0.05) is 4.88 Å². The minimum atomic E-state index is -0.469. The maximum absolute atomic E-state index is 12.4. The number of halogens is 1. The number of benzene rings is 2. The lowest BCUT2D eigenvalue weighted by Gasteiger charge is -2.09. The summed E-state index contributed by atoms with van der Waals surface area (Å²) < 4.78 is 11.4. The first-order chi connectivity index (χ1) is 13.6. The number of ether oxygens (including phenoxy) is 2. The van der Waals surface area contributed by atoms with E-state index in [4.69, 9.17) is 9.47 Å². The van der Waals surface area contributed by atoms with E-state index in [2.05, 4.69) is 21.2 Å². The fourth-order valence-corrected chi connectivity index (χ4v) is 3.92. The van der Waals surface area contributed by atoms with Crippen molar-refractivity contribution in [2.75, 3.05) is 18.5 Å². The number of anilines is 1. The third kappa shape index (κ3) is 4.99. The van der Waals surface area contributed by atoms with Gasteiger partial charge in [-0.3, -0.25) is 4.79 Å². The van der Waals surface area contributed by atoms with Crippen molar-refractivity contribution in [3.05, 3.63) is 70.7 Å². The summed E-state index contributed by atoms with van der Waals surface area (Å²) in [7, 11) is 0. The third-order valence-corrected chi connectivity index (χ3v) is 5.49. The Kier molecular flexibility index (Phi) is 6.84. The van der Waals surface area contributed by atoms with Crippen LogP contribution in [0.15, 0.2) is 65.1 Å². The maximum atomic E-state index is 12.4. The molecule has 3 aromatic rings. The molecule has 0 saturated heterocycles. The average Bonchev–Trinajstić information content (AvgIpc) is 3.12. The maximum Gasteiger partial charge on any atom is 0.341 e. The lowest BCUT2D eigenvalue weighted by Crippen LogP contribution is -2.21. The summed E-state index contributed by atoms with van der Waals surface area (Å²) in [6, 6.07) is 18.7. The molecule has 0 spiro atoms. The molecule has 0 aliphatic rings. The van der Waals surface area contributed by atoms with Crippen LogP contribution in [0, 0.1) is 0 Å². The number of nitrogens with one attached hydrogen (secondary N) is 1. The fourth-order valence-electron chi connectivity index (χ4n) is 2.46. The molecule has 0 saturated carbocycles. The van der Waals surface area contributed by atoms with Gasteiger partial charge in [-0.1, -0.05) is 42.5 Å². The monoisotopic (exact) mass is 459 g/mol. The lowest BCUT2D eigenvalue weighted by atomic mass is 10.1. The van der Waals surface area contributed by atoms with Crippen molar-refractivity contribution >= 4 is 44.1 Å². The minimum absolute atomic E-state index is 0.177. The van der Waals surface area contributed by atoms with E-state index in [9.17, 15) is 9.59 Å². The smallest absolute Gasteiger partial charge is 0.341 e. The second-order valence-electron chi connectivity index (χ2n) is 5.71. The molecule has 0 fully saturated rings. The Morgan fingerprint density at radius 3 is 2.50 bits per heavy atom. The molecule has 0 bridgehead atoms. The molecular formula is C21H18BrNO4S. The van der Waals surface area contributed by atoms with Crippen LogP contribution in [0.5, 0.6) is 5.75 Å². The number of thiophene rings is 1. The van der Waals surface area contributed by atoms with Gasteiger partial charge in [0.2, 0.25) is 0 Å². The molecule has 3 rings (SSSR count). The van der Waals surface area contributed by atoms with E-state index in [0.717, 1.165) is 14.9 Å². The minimum Gasteiger partial charge on any atom is -0.483 e. The molecule has 0 aliphatic heterocycles. The summed E-state index contributed by atoms with van der Waals surface area (Å²) in [5.74, 6) is -0.259. The molecule has 1 amide bonds. The summed E-state index contributed by atoms with van der Waals surface area (Å²) in [6.45, 7) is 1.82. The number of carbonyl (C=O) groups excluding carboxylic acids is 2. The van der Waals surface area contributed by atoms with Crippen molar-refractivity contribution in [2.45, 2.75) is 6.92 Å². The van der Waals surface area contributed by atoms with E-state index < -0.39 is 5.97 Å². The molecule has 1 aromatic heterocycles. The van der Waals surface area contributed by atoms with E-state index in [1.54, 1.807) is 19.1 Å². The summed E-state index contributed by atoms with van der Waals surface area (Å²) in [5.41, 5.74) is 1.29. The highest BCUT2D eigenvalue weighted by Gasteiger charge is 2.20. The third-order valence-electron chi connectivity index (χ3n) is 3.73. The van der Waals surface area contributed by atoms with E-state index in [1.807, 2.05) is 48.5 Å². The first kappa shape index (κ1) is 20.1. The van der Waals surface area contributed by atoms with Crippen molar-refractivity contribution < 1.29 is 19.1 Å². The van der Waals surface area contributed by atoms with Gasteiger partial charge in [-0.15, -0.1) is 11.3 Å². The van der Waals surface area contributed by atoms with E-state index in [0.29, 0.717) is 16.3 Å². The van der Waals surface area contributed by atoms with E-state index in [-0.39, 0.29) is 19.1 Å². The Hall–Kier alpha value is -2.64. The van der Waals surface area contributed by atoms with Crippen LogP contribution in [0.2, 0.25) is 0 Å². The standard InChI is InChI=1S/C21H18BrNO4S/c1-2-26-21(25)15-12-18(14-8-4-3-5-9-14)28-20(15)23-19(24)13-27-17-11-7-6-10-16(17)22/h3-12H,2,13H2,1H3,(H,23,24). The van der Waals surface area contributed by atoms with Gasteiger partial charge in [-0.25, -0.2) is 4.79 Å². The first-order valence-electron chi connectivity index (χ1n) is 8.62. The molecular weight excluding hydrogens is 442 g/mol. The lowest BCUT2D eigenvalue weighted by molar-refractivity contribution is -0.118. The van der Waals surface area contributed by atoms with Crippen LogP contribution in [0.1, 0.15) is 17.3 Å². The SMILES string of the molecule is CCOC(=O)c1cc(-c2ccccc2)sc1NC(=O)COc1ccccc1Br. The molecule has 1 N–H and O–H groups in total. The van der Waals surface area contributed by atoms with E-state index in [1.165, 1.54) is 11.3 Å². The van der Waals surface area contributed by atoms with Crippen molar-refractivity contribution in [1.29, 1.82) is 0 Å². The normalized spacial score (nSPS) is 10.4. The van der Waals surface area contributed by atoms with Crippen LogP contribution in [0.3, 0.4) is 0 Å². The molecule has 0 atom stereocenters. The van der Waals surface area contributed by atoms with Crippen LogP contribution in [0.25, 0.3) is 10.4 Å². The number of rotatable bonds is 7. The molecule has 144 valence electrons. The van der Waals surface area contributed by atoms with Crippen LogP contribution >= 0.6 is 27.3 Å². The predicted molar refractivity (Wildman–Crippen MR) is 114 cm³/mol. The number of hydrogen-bond donors (Lipinski definition) is 1. The highest BCUT2D eigenvalue weighted by Crippen LogP contribution is 2.36. The fraction of sp³-hybridized carbons (Fsp3) is 0.143. The van der Waals surface area contributed by atoms with Gasteiger partial charge in [0.15, 0.2) is 6.61 Å². The Morgan fingerprint density at radius 2 is 1.79 bits per heavy atom. The number of carbonyl (C=O) groups is 2. The topological polar surface area (TPSA) is 64.6 Å². The molecule has 0 unspecified atom stereocenters. The van der Waals surface area contributed by atoms with Gasteiger partial charge in [0.25, 0.3) is 5.91 Å². The molecule has 0 aliphatic carbocycles. The second kappa shape index (κ2) is 9.52. The largest absolute Gasteiger partial charge is 0.483 e. The van der Waals surface area contributed by atoms with Crippen molar-refractivity contribution in [3.63, 3.8) is 0 Å². The van der Waals surface area contributed by atoms with Gasteiger partial charge >= 0.3 is 5.97 Å². The van der Waals surface area contributed by atoms with Gasteiger partial charge in [0.1, 0.15) is 10.8 Å². The van der Waals surface area contributed by atoms with Crippen molar-refractivity contribution in [2.24, 2.45) is 0 Å². The predicted octanol–water partition coefficient (Wildman–Crippen LogP) is 5.37. The average molecular weight is 460 g/mol. The Balaban J connectivity index is 1.77. The quantitative estimate of drug-likeness (QED) is 0.482. The van der Waals surface area contributed by atoms with Gasteiger partial charge < -0.3 is 14.8 Å². The number of hydrogen-bond acceptors (Lipinski definition) is 5. The highest BCUT2D eigenvalue weighted by atomic mass is 79.9. The summed E-state index contributed by atoms with van der Waals surface area (Å²) >= 11 is 4.70. The Morgan fingerprint density at radius 1 is 1.07 bits per heavy atom. The molecule has 0 radical (unpaired) electrons. The molecule has 1 heterocycles. The molecule has 2 aromatic carbocycles. The summed E-state index contributed by atoms with van der Waals surface area (Å²) in [6.07, 6.45) is 0. The van der Waals surface area contributed by atoms with Crippen LogP contribution in [-0.2, 0) is 9.53 Å². The summed E-state index contributed by atoms with van der Waals surface area (Å²) in [4.78, 5) is 25.6. The zero-order valence-corrected chi connectivity index (χ0v) is 17.5. The number of esters is 1.